The van der Waals surface area contributed by atoms with Crippen LogP contribution in [-0.4, -0.2) is 12.7 Å². The fraction of sp³-hybridized carbons (Fsp3) is 0.273. The van der Waals surface area contributed by atoms with Crippen molar-refractivity contribution in [3.63, 3.8) is 0 Å². The Hall–Kier alpha value is -1.47. The Kier molecular flexibility index (Phi) is 3.75. The van der Waals surface area contributed by atoms with Crippen molar-refractivity contribution < 1.29 is 13.2 Å². The van der Waals surface area contributed by atoms with Crippen molar-refractivity contribution in [2.75, 3.05) is 6.54 Å². The van der Waals surface area contributed by atoms with Crippen molar-refractivity contribution in [1.82, 2.24) is 5.32 Å². The molecule has 0 fully saturated rings. The second-order valence-corrected chi connectivity index (χ2v) is 3.06. The van der Waals surface area contributed by atoms with E-state index in [0.717, 1.165) is 11.1 Å². The molecule has 0 radical (unpaired) electrons. The molecule has 0 aromatic heterocycles. The number of hydrogen-bond acceptors (Lipinski definition) is 1. The number of rotatable bonds is 3. The van der Waals surface area contributed by atoms with Gasteiger partial charge in [0.25, 0.3) is 0 Å². The highest BCUT2D eigenvalue weighted by atomic mass is 19.4. The fourth-order valence-electron chi connectivity index (χ4n) is 1.07. The zero-order chi connectivity index (χ0) is 11.3. The van der Waals surface area contributed by atoms with E-state index in [1.54, 1.807) is 24.3 Å². The molecule has 4 heteroatoms. The summed E-state index contributed by atoms with van der Waals surface area (Å²) in [5.41, 5.74) is 1.49. The second-order valence-electron chi connectivity index (χ2n) is 3.06. The van der Waals surface area contributed by atoms with Gasteiger partial charge in [0.15, 0.2) is 0 Å². The van der Waals surface area contributed by atoms with Crippen LogP contribution in [-0.2, 0) is 6.54 Å². The number of benzene rings is 1. The Morgan fingerprint density at radius 2 is 1.80 bits per heavy atom. The van der Waals surface area contributed by atoms with E-state index in [1.807, 2.05) is 0 Å². The molecule has 0 spiro atoms. The molecule has 15 heavy (non-hydrogen) atoms. The second kappa shape index (κ2) is 4.85. The summed E-state index contributed by atoms with van der Waals surface area (Å²) in [6.45, 7) is -0.797. The van der Waals surface area contributed by atoms with Gasteiger partial charge >= 0.3 is 6.18 Å². The molecule has 0 aliphatic rings. The molecule has 0 unspecified atom stereocenters. The lowest BCUT2D eigenvalue weighted by Gasteiger charge is -2.07. The minimum atomic E-state index is -4.17. The zero-order valence-corrected chi connectivity index (χ0v) is 7.93. The lowest BCUT2D eigenvalue weighted by molar-refractivity contribution is -0.125. The van der Waals surface area contributed by atoms with Crippen LogP contribution in [0.2, 0.25) is 0 Å². The summed E-state index contributed by atoms with van der Waals surface area (Å²) in [5, 5.41) is 2.30. The van der Waals surface area contributed by atoms with Gasteiger partial charge in [-0.1, -0.05) is 18.1 Å². The predicted octanol–water partition coefficient (Wildman–Crippen LogP) is 2.32. The van der Waals surface area contributed by atoms with E-state index in [1.165, 1.54) is 0 Å². The van der Waals surface area contributed by atoms with E-state index < -0.39 is 12.7 Å². The summed E-state index contributed by atoms with van der Waals surface area (Å²) in [4.78, 5) is 0. The van der Waals surface area contributed by atoms with E-state index in [-0.39, 0.29) is 6.54 Å². The Balaban J connectivity index is 2.42. The average Bonchev–Trinajstić information content (AvgIpc) is 2.17. The molecule has 0 heterocycles. The molecule has 1 N–H and O–H groups in total. The number of alkyl halides is 3. The minimum Gasteiger partial charge on any atom is -0.305 e. The Morgan fingerprint density at radius 1 is 1.20 bits per heavy atom. The number of nitrogens with one attached hydrogen (secondary N) is 1. The summed E-state index contributed by atoms with van der Waals surface area (Å²) in [5.74, 6) is 2.43. The molecule has 1 nitrogen and oxygen atoms in total. The van der Waals surface area contributed by atoms with Crippen LogP contribution < -0.4 is 5.32 Å². The third-order valence-electron chi connectivity index (χ3n) is 1.78. The van der Waals surface area contributed by atoms with Gasteiger partial charge in [0.1, 0.15) is 0 Å². The summed E-state index contributed by atoms with van der Waals surface area (Å²) in [7, 11) is 0. The molecule has 1 aromatic carbocycles. The molecular weight excluding hydrogens is 203 g/mol. The Morgan fingerprint density at radius 3 is 2.27 bits per heavy atom. The molecule has 0 amide bonds. The van der Waals surface area contributed by atoms with Crippen LogP contribution in [0.1, 0.15) is 11.1 Å². The summed E-state index contributed by atoms with van der Waals surface area (Å²) in [6.07, 6.45) is 0.975. The van der Waals surface area contributed by atoms with Crippen molar-refractivity contribution in [3.05, 3.63) is 35.4 Å². The first-order valence-electron chi connectivity index (χ1n) is 4.34. The Bertz CT molecular complexity index is 346. The summed E-state index contributed by atoms with van der Waals surface area (Å²) in [6, 6.07) is 6.81. The van der Waals surface area contributed by atoms with E-state index in [9.17, 15) is 13.2 Å². The summed E-state index contributed by atoms with van der Waals surface area (Å²) >= 11 is 0. The Labute approximate surface area is 86.3 Å². The minimum absolute atomic E-state index is 0.185. The van der Waals surface area contributed by atoms with E-state index in [2.05, 4.69) is 11.2 Å². The largest absolute Gasteiger partial charge is 0.401 e. The maximum atomic E-state index is 11.8. The van der Waals surface area contributed by atoms with Gasteiger partial charge < -0.3 is 5.32 Å². The van der Waals surface area contributed by atoms with Crippen LogP contribution in [0, 0.1) is 12.3 Å². The normalized spacial score (nSPS) is 11.1. The fourth-order valence-corrected chi connectivity index (χ4v) is 1.07. The zero-order valence-electron chi connectivity index (χ0n) is 7.93. The first kappa shape index (κ1) is 11.6. The smallest absolute Gasteiger partial charge is 0.305 e. The maximum absolute atomic E-state index is 11.8. The van der Waals surface area contributed by atoms with Gasteiger partial charge in [0.2, 0.25) is 0 Å². The van der Waals surface area contributed by atoms with Crippen LogP contribution in [0.5, 0.6) is 0 Å². The van der Waals surface area contributed by atoms with Gasteiger partial charge in [-0.3, -0.25) is 0 Å². The molecule has 0 saturated heterocycles. The lowest BCUT2D eigenvalue weighted by atomic mass is 10.1. The molecular formula is C11H10F3N. The molecule has 0 saturated carbocycles. The number of halogens is 3. The molecule has 0 bridgehead atoms. The molecule has 1 aromatic rings. The van der Waals surface area contributed by atoms with Crippen molar-refractivity contribution in [2.45, 2.75) is 12.7 Å². The monoisotopic (exact) mass is 213 g/mol. The maximum Gasteiger partial charge on any atom is 0.401 e. The number of terminal acetylenes is 1. The first-order chi connectivity index (χ1) is 7.01. The predicted molar refractivity (Wildman–Crippen MR) is 52.1 cm³/mol. The van der Waals surface area contributed by atoms with Gasteiger partial charge in [-0.25, -0.2) is 0 Å². The van der Waals surface area contributed by atoms with Crippen molar-refractivity contribution in [2.24, 2.45) is 0 Å². The van der Waals surface area contributed by atoms with Gasteiger partial charge in [0, 0.05) is 12.1 Å². The standard InChI is InChI=1S/C11H10F3N/c1-2-9-3-5-10(6-4-9)7-15-8-11(12,13)14/h1,3-6,15H,7-8H2. The average molecular weight is 213 g/mol. The highest BCUT2D eigenvalue weighted by molar-refractivity contribution is 5.34. The highest BCUT2D eigenvalue weighted by Gasteiger charge is 2.25. The molecule has 80 valence electrons. The van der Waals surface area contributed by atoms with Gasteiger partial charge in [-0.2, -0.15) is 13.2 Å². The van der Waals surface area contributed by atoms with Crippen LogP contribution >= 0.6 is 0 Å². The topological polar surface area (TPSA) is 12.0 Å². The van der Waals surface area contributed by atoms with Crippen LogP contribution in [0.15, 0.2) is 24.3 Å². The SMILES string of the molecule is C#Cc1ccc(CNCC(F)(F)F)cc1. The van der Waals surface area contributed by atoms with Crippen LogP contribution in [0.4, 0.5) is 13.2 Å². The van der Waals surface area contributed by atoms with E-state index >= 15 is 0 Å². The quantitative estimate of drug-likeness (QED) is 0.760. The van der Waals surface area contributed by atoms with Crippen molar-refractivity contribution >= 4 is 0 Å². The third kappa shape index (κ3) is 4.52. The van der Waals surface area contributed by atoms with Gasteiger partial charge in [-0.05, 0) is 17.7 Å². The summed E-state index contributed by atoms with van der Waals surface area (Å²) < 4.78 is 35.4. The molecule has 0 aliphatic heterocycles. The van der Waals surface area contributed by atoms with Crippen molar-refractivity contribution in [1.29, 1.82) is 0 Å². The number of hydrogen-bond donors (Lipinski definition) is 1. The first-order valence-corrected chi connectivity index (χ1v) is 4.34. The highest BCUT2D eigenvalue weighted by Crippen LogP contribution is 2.12. The van der Waals surface area contributed by atoms with E-state index in [0.29, 0.717) is 0 Å². The molecule has 0 aliphatic carbocycles. The van der Waals surface area contributed by atoms with Crippen LogP contribution in [0.3, 0.4) is 0 Å². The lowest BCUT2D eigenvalue weighted by Crippen LogP contribution is -2.28. The molecule has 0 atom stereocenters. The van der Waals surface area contributed by atoms with Crippen LogP contribution in [0.25, 0.3) is 0 Å². The van der Waals surface area contributed by atoms with Gasteiger partial charge in [0.05, 0.1) is 6.54 Å². The third-order valence-corrected chi connectivity index (χ3v) is 1.78. The van der Waals surface area contributed by atoms with Crippen molar-refractivity contribution in [3.8, 4) is 12.3 Å². The van der Waals surface area contributed by atoms with E-state index in [4.69, 9.17) is 6.42 Å². The molecule has 1 rings (SSSR count). The van der Waals surface area contributed by atoms with Gasteiger partial charge in [-0.15, -0.1) is 6.42 Å².